The molecule has 0 aliphatic rings. The van der Waals surface area contributed by atoms with Crippen LogP contribution in [0.25, 0.3) is 6.08 Å². The highest BCUT2D eigenvalue weighted by atomic mass is 19.1. The fourth-order valence-electron chi connectivity index (χ4n) is 0.959. The molecule has 0 spiro atoms. The van der Waals surface area contributed by atoms with E-state index in [1.165, 1.54) is 6.07 Å². The molecule has 1 aromatic rings. The van der Waals surface area contributed by atoms with E-state index < -0.39 is 5.82 Å². The van der Waals surface area contributed by atoms with E-state index in [1.807, 2.05) is 13.8 Å². The molecule has 0 bridgehead atoms. The Hall–Kier alpha value is -1.31. The third-order valence-electron chi connectivity index (χ3n) is 1.46. The van der Waals surface area contributed by atoms with E-state index in [2.05, 4.69) is 0 Å². The fourth-order valence-corrected chi connectivity index (χ4v) is 0.959. The molecule has 0 saturated carbocycles. The zero-order chi connectivity index (χ0) is 9.14. The second-order valence-corrected chi connectivity index (χ2v) is 2.90. The first kappa shape index (κ1) is 8.78. The highest BCUT2D eigenvalue weighted by Gasteiger charge is 2.02. The quantitative estimate of drug-likeness (QED) is 0.680. The summed E-state index contributed by atoms with van der Waals surface area (Å²) in [5.41, 5.74) is 1.55. The zero-order valence-corrected chi connectivity index (χ0v) is 7.13. The Morgan fingerprint density at radius 1 is 1.42 bits per heavy atom. The predicted octanol–water partition coefficient (Wildman–Crippen LogP) is 2.95. The lowest BCUT2D eigenvalue weighted by Gasteiger charge is -1.99. The van der Waals surface area contributed by atoms with Crippen molar-refractivity contribution in [1.82, 2.24) is 0 Å². The van der Waals surface area contributed by atoms with Crippen LogP contribution in [0.2, 0.25) is 0 Å². The molecule has 0 aliphatic carbocycles. The maximum Gasteiger partial charge on any atom is 0.165 e. The van der Waals surface area contributed by atoms with Crippen molar-refractivity contribution in [2.45, 2.75) is 13.8 Å². The lowest BCUT2D eigenvalue weighted by Crippen LogP contribution is -1.80. The Morgan fingerprint density at radius 2 is 2.08 bits per heavy atom. The van der Waals surface area contributed by atoms with Gasteiger partial charge in [-0.1, -0.05) is 23.8 Å². The van der Waals surface area contributed by atoms with Crippen molar-refractivity contribution in [2.24, 2.45) is 0 Å². The first-order chi connectivity index (χ1) is 5.61. The third-order valence-corrected chi connectivity index (χ3v) is 1.46. The third kappa shape index (κ3) is 1.84. The van der Waals surface area contributed by atoms with Gasteiger partial charge in [0.05, 0.1) is 0 Å². The Kier molecular flexibility index (Phi) is 2.48. The number of allylic oxidation sites excluding steroid dienone is 1. The molecule has 0 radical (unpaired) electrons. The van der Waals surface area contributed by atoms with Gasteiger partial charge >= 0.3 is 0 Å². The van der Waals surface area contributed by atoms with Crippen LogP contribution in [0, 0.1) is 5.82 Å². The molecule has 1 rings (SSSR count). The van der Waals surface area contributed by atoms with Gasteiger partial charge in [0.2, 0.25) is 0 Å². The van der Waals surface area contributed by atoms with Crippen molar-refractivity contribution in [3.8, 4) is 5.75 Å². The monoisotopic (exact) mass is 166 g/mol. The van der Waals surface area contributed by atoms with Gasteiger partial charge in [0.1, 0.15) is 0 Å². The summed E-state index contributed by atoms with van der Waals surface area (Å²) < 4.78 is 12.8. The van der Waals surface area contributed by atoms with Gasteiger partial charge in [-0.05, 0) is 19.9 Å². The van der Waals surface area contributed by atoms with Gasteiger partial charge in [0.15, 0.2) is 11.6 Å². The van der Waals surface area contributed by atoms with E-state index in [-0.39, 0.29) is 5.75 Å². The highest BCUT2D eigenvalue weighted by molar-refractivity contribution is 5.58. The van der Waals surface area contributed by atoms with Crippen LogP contribution in [0.15, 0.2) is 23.8 Å². The van der Waals surface area contributed by atoms with Crippen molar-refractivity contribution >= 4 is 6.08 Å². The van der Waals surface area contributed by atoms with Gasteiger partial charge in [0, 0.05) is 5.56 Å². The second kappa shape index (κ2) is 3.39. The van der Waals surface area contributed by atoms with E-state index in [9.17, 15) is 9.50 Å². The summed E-state index contributed by atoms with van der Waals surface area (Å²) >= 11 is 0. The minimum atomic E-state index is -0.579. The number of hydrogen-bond acceptors (Lipinski definition) is 1. The second-order valence-electron chi connectivity index (χ2n) is 2.90. The molecule has 0 aromatic heterocycles. The summed E-state index contributed by atoms with van der Waals surface area (Å²) in [6.07, 6.45) is 1.73. The molecule has 0 fully saturated rings. The van der Waals surface area contributed by atoms with Crippen LogP contribution in [0.4, 0.5) is 4.39 Å². The minimum absolute atomic E-state index is 0.279. The normalized spacial score (nSPS) is 9.58. The van der Waals surface area contributed by atoms with Gasteiger partial charge < -0.3 is 5.11 Å². The van der Waals surface area contributed by atoms with Crippen LogP contribution in [0.3, 0.4) is 0 Å². The first-order valence-electron chi connectivity index (χ1n) is 3.73. The van der Waals surface area contributed by atoms with Gasteiger partial charge in [-0.15, -0.1) is 0 Å². The van der Waals surface area contributed by atoms with E-state index in [4.69, 9.17) is 0 Å². The number of phenolic OH excluding ortho intramolecular Hbond substituents is 1. The number of rotatable bonds is 1. The van der Waals surface area contributed by atoms with Gasteiger partial charge in [-0.2, -0.15) is 0 Å². The van der Waals surface area contributed by atoms with E-state index in [1.54, 1.807) is 18.2 Å². The molecule has 1 aromatic carbocycles. The number of aromatic hydroxyl groups is 1. The van der Waals surface area contributed by atoms with Gasteiger partial charge in [-0.3, -0.25) is 0 Å². The maximum atomic E-state index is 12.8. The molecule has 1 N–H and O–H groups in total. The van der Waals surface area contributed by atoms with E-state index in [0.717, 1.165) is 5.57 Å². The summed E-state index contributed by atoms with van der Waals surface area (Å²) in [6.45, 7) is 3.79. The number of halogens is 1. The molecule has 0 heterocycles. The molecule has 64 valence electrons. The molecular weight excluding hydrogens is 155 g/mol. The van der Waals surface area contributed by atoms with Crippen LogP contribution in [-0.4, -0.2) is 5.11 Å². The molecule has 0 amide bonds. The zero-order valence-electron chi connectivity index (χ0n) is 7.13. The SMILES string of the molecule is CC(C)=Cc1cccc(F)c1O. The van der Waals surface area contributed by atoms with Crippen LogP contribution in [-0.2, 0) is 0 Å². The molecule has 1 nitrogen and oxygen atoms in total. The molecule has 12 heavy (non-hydrogen) atoms. The number of para-hydroxylation sites is 1. The summed E-state index contributed by atoms with van der Waals surface area (Å²) in [7, 11) is 0. The average molecular weight is 166 g/mol. The van der Waals surface area contributed by atoms with Crippen molar-refractivity contribution in [3.63, 3.8) is 0 Å². The van der Waals surface area contributed by atoms with Crippen molar-refractivity contribution in [3.05, 3.63) is 35.2 Å². The number of benzene rings is 1. The van der Waals surface area contributed by atoms with E-state index >= 15 is 0 Å². The first-order valence-corrected chi connectivity index (χ1v) is 3.73. The van der Waals surface area contributed by atoms with Crippen molar-refractivity contribution in [2.75, 3.05) is 0 Å². The van der Waals surface area contributed by atoms with Gasteiger partial charge in [-0.25, -0.2) is 4.39 Å². The molecule has 0 saturated heterocycles. The standard InChI is InChI=1S/C10H11FO/c1-7(2)6-8-4-3-5-9(11)10(8)12/h3-6,12H,1-2H3. The van der Waals surface area contributed by atoms with Crippen molar-refractivity contribution in [1.29, 1.82) is 0 Å². The summed E-state index contributed by atoms with van der Waals surface area (Å²) in [4.78, 5) is 0. The van der Waals surface area contributed by atoms with Crippen LogP contribution in [0.5, 0.6) is 5.75 Å². The largest absolute Gasteiger partial charge is 0.504 e. The lowest BCUT2D eigenvalue weighted by atomic mass is 10.1. The molecule has 2 heteroatoms. The van der Waals surface area contributed by atoms with Crippen LogP contribution < -0.4 is 0 Å². The molecule has 0 atom stereocenters. The Morgan fingerprint density at radius 3 is 2.67 bits per heavy atom. The topological polar surface area (TPSA) is 20.2 Å². The number of hydrogen-bond donors (Lipinski definition) is 1. The Bertz CT molecular complexity index is 312. The summed E-state index contributed by atoms with van der Waals surface area (Å²) in [5.74, 6) is -0.858. The van der Waals surface area contributed by atoms with E-state index in [0.29, 0.717) is 5.56 Å². The summed E-state index contributed by atoms with van der Waals surface area (Å²) in [5, 5.41) is 9.23. The smallest absolute Gasteiger partial charge is 0.165 e. The Labute approximate surface area is 71.2 Å². The number of phenols is 1. The van der Waals surface area contributed by atoms with Crippen LogP contribution in [0.1, 0.15) is 19.4 Å². The van der Waals surface area contributed by atoms with Crippen LogP contribution >= 0.6 is 0 Å². The predicted molar refractivity (Wildman–Crippen MR) is 47.4 cm³/mol. The minimum Gasteiger partial charge on any atom is -0.504 e. The highest BCUT2D eigenvalue weighted by Crippen LogP contribution is 2.22. The maximum absolute atomic E-state index is 12.8. The Balaban J connectivity index is 3.17. The average Bonchev–Trinajstić information content (AvgIpc) is 1.98. The van der Waals surface area contributed by atoms with Crippen molar-refractivity contribution < 1.29 is 9.50 Å². The summed E-state index contributed by atoms with van der Waals surface area (Å²) in [6, 6.07) is 4.48. The molecule has 0 aliphatic heterocycles. The van der Waals surface area contributed by atoms with Gasteiger partial charge in [0.25, 0.3) is 0 Å². The molecular formula is C10H11FO. The molecule has 0 unspecified atom stereocenters. The lowest BCUT2D eigenvalue weighted by molar-refractivity contribution is 0.431. The fraction of sp³-hybridized carbons (Fsp3) is 0.200.